The molecule has 1 fully saturated rings. The summed E-state index contributed by atoms with van der Waals surface area (Å²) in [5.74, 6) is 0.858. The molecule has 1 aromatic rings. The Hall–Kier alpha value is -1.55. The summed E-state index contributed by atoms with van der Waals surface area (Å²) >= 11 is 0. The summed E-state index contributed by atoms with van der Waals surface area (Å²) in [6.45, 7) is 7.96. The van der Waals surface area contributed by atoms with Gasteiger partial charge in [-0.15, -0.1) is 0 Å². The van der Waals surface area contributed by atoms with Crippen LogP contribution in [0.5, 0.6) is 5.75 Å². The predicted octanol–water partition coefficient (Wildman–Crippen LogP) is 1.92. The number of benzene rings is 1. The summed E-state index contributed by atoms with van der Waals surface area (Å²) in [5, 5.41) is 0. The number of carbonyl (C=O) groups excluding carboxylic acids is 1. The molecule has 1 saturated heterocycles. The topological polar surface area (TPSA) is 32.8 Å². The van der Waals surface area contributed by atoms with Gasteiger partial charge in [-0.05, 0) is 39.4 Å². The molecule has 2 unspecified atom stereocenters. The average molecular weight is 276 g/mol. The highest BCUT2D eigenvalue weighted by Crippen LogP contribution is 2.17. The van der Waals surface area contributed by atoms with Crippen LogP contribution in [0, 0.1) is 6.92 Å². The fourth-order valence-electron chi connectivity index (χ4n) is 2.56. The molecule has 1 aliphatic heterocycles. The molecule has 1 amide bonds. The summed E-state index contributed by atoms with van der Waals surface area (Å²) in [6.07, 6.45) is 0. The quantitative estimate of drug-likeness (QED) is 0.845. The van der Waals surface area contributed by atoms with Crippen LogP contribution >= 0.6 is 0 Å². The van der Waals surface area contributed by atoms with Gasteiger partial charge in [-0.3, -0.25) is 9.69 Å². The fourth-order valence-corrected chi connectivity index (χ4v) is 2.56. The summed E-state index contributed by atoms with van der Waals surface area (Å²) in [7, 11) is 2.11. The van der Waals surface area contributed by atoms with E-state index in [-0.39, 0.29) is 12.5 Å². The van der Waals surface area contributed by atoms with E-state index >= 15 is 0 Å². The minimum atomic E-state index is 0.0695. The largest absolute Gasteiger partial charge is 0.484 e. The third kappa shape index (κ3) is 3.31. The van der Waals surface area contributed by atoms with Crippen molar-refractivity contribution in [1.82, 2.24) is 9.80 Å². The number of piperazine rings is 1. The molecule has 1 aromatic carbocycles. The highest BCUT2D eigenvalue weighted by atomic mass is 16.5. The number of likely N-dealkylation sites (N-methyl/N-ethyl adjacent to an activating group) is 1. The lowest BCUT2D eigenvalue weighted by Gasteiger charge is -2.42. The number of para-hydroxylation sites is 1. The third-order valence-corrected chi connectivity index (χ3v) is 4.16. The molecule has 2 atom stereocenters. The van der Waals surface area contributed by atoms with Crippen LogP contribution in [0.2, 0.25) is 0 Å². The summed E-state index contributed by atoms with van der Waals surface area (Å²) in [4.78, 5) is 16.5. The van der Waals surface area contributed by atoms with Crippen molar-refractivity contribution in [1.29, 1.82) is 0 Å². The molecule has 0 saturated carbocycles. The van der Waals surface area contributed by atoms with Gasteiger partial charge >= 0.3 is 0 Å². The molecule has 1 heterocycles. The molecule has 110 valence electrons. The zero-order valence-electron chi connectivity index (χ0n) is 12.8. The van der Waals surface area contributed by atoms with Crippen LogP contribution in [-0.4, -0.2) is 54.5 Å². The number of ether oxygens (including phenoxy) is 1. The normalized spacial score (nSPS) is 23.7. The summed E-state index contributed by atoms with van der Waals surface area (Å²) in [5.41, 5.74) is 1.06. The van der Waals surface area contributed by atoms with Crippen LogP contribution in [-0.2, 0) is 4.79 Å². The minimum absolute atomic E-state index is 0.0695. The molecular weight excluding hydrogens is 252 g/mol. The van der Waals surface area contributed by atoms with E-state index in [1.807, 2.05) is 36.1 Å². The Morgan fingerprint density at radius 2 is 1.85 bits per heavy atom. The maximum Gasteiger partial charge on any atom is 0.260 e. The first-order valence-electron chi connectivity index (χ1n) is 7.17. The smallest absolute Gasteiger partial charge is 0.260 e. The van der Waals surface area contributed by atoms with Gasteiger partial charge in [0.2, 0.25) is 0 Å². The van der Waals surface area contributed by atoms with E-state index in [4.69, 9.17) is 4.74 Å². The van der Waals surface area contributed by atoms with Crippen molar-refractivity contribution >= 4 is 5.91 Å². The van der Waals surface area contributed by atoms with Crippen molar-refractivity contribution in [2.75, 3.05) is 26.7 Å². The average Bonchev–Trinajstić information content (AvgIpc) is 2.43. The monoisotopic (exact) mass is 276 g/mol. The van der Waals surface area contributed by atoms with Crippen molar-refractivity contribution in [3.8, 4) is 5.75 Å². The molecule has 0 radical (unpaired) electrons. The Morgan fingerprint density at radius 1 is 1.25 bits per heavy atom. The van der Waals surface area contributed by atoms with Crippen molar-refractivity contribution in [2.24, 2.45) is 0 Å². The van der Waals surface area contributed by atoms with Gasteiger partial charge < -0.3 is 9.64 Å². The highest BCUT2D eigenvalue weighted by molar-refractivity contribution is 5.78. The van der Waals surface area contributed by atoms with E-state index in [9.17, 15) is 4.79 Å². The standard InChI is InChI=1S/C16H24N2O2/c1-12-7-5-6-8-15(12)20-11-16(19)18-9-13(2)17(4)14(3)10-18/h5-8,13-14H,9-11H2,1-4H3. The maximum atomic E-state index is 12.3. The number of rotatable bonds is 3. The Morgan fingerprint density at radius 3 is 2.45 bits per heavy atom. The molecule has 0 spiro atoms. The second-order valence-electron chi connectivity index (χ2n) is 5.72. The number of nitrogens with zero attached hydrogens (tertiary/aromatic N) is 2. The number of hydrogen-bond donors (Lipinski definition) is 0. The second-order valence-corrected chi connectivity index (χ2v) is 5.72. The van der Waals surface area contributed by atoms with E-state index in [0.717, 1.165) is 24.4 Å². The van der Waals surface area contributed by atoms with Gasteiger partial charge in [-0.1, -0.05) is 18.2 Å². The van der Waals surface area contributed by atoms with E-state index in [2.05, 4.69) is 25.8 Å². The fraction of sp³-hybridized carbons (Fsp3) is 0.562. The van der Waals surface area contributed by atoms with Crippen LogP contribution in [0.15, 0.2) is 24.3 Å². The van der Waals surface area contributed by atoms with Crippen LogP contribution in [0.3, 0.4) is 0 Å². The Labute approximate surface area is 121 Å². The zero-order chi connectivity index (χ0) is 14.7. The van der Waals surface area contributed by atoms with E-state index < -0.39 is 0 Å². The van der Waals surface area contributed by atoms with E-state index in [1.165, 1.54) is 0 Å². The number of amides is 1. The molecule has 20 heavy (non-hydrogen) atoms. The van der Waals surface area contributed by atoms with Crippen molar-refractivity contribution in [3.63, 3.8) is 0 Å². The molecule has 0 bridgehead atoms. The van der Waals surface area contributed by atoms with Crippen LogP contribution in [0.4, 0.5) is 0 Å². The van der Waals surface area contributed by atoms with Crippen molar-refractivity contribution in [2.45, 2.75) is 32.9 Å². The van der Waals surface area contributed by atoms with Gasteiger partial charge in [-0.25, -0.2) is 0 Å². The minimum Gasteiger partial charge on any atom is -0.484 e. The molecule has 0 aliphatic carbocycles. The van der Waals surface area contributed by atoms with Gasteiger partial charge in [0.25, 0.3) is 5.91 Å². The first-order valence-corrected chi connectivity index (χ1v) is 7.17. The van der Waals surface area contributed by atoms with Crippen LogP contribution in [0.25, 0.3) is 0 Å². The Balaban J connectivity index is 1.91. The Kier molecular flexibility index (Phi) is 4.65. The number of carbonyl (C=O) groups is 1. The SMILES string of the molecule is Cc1ccccc1OCC(=O)N1CC(C)N(C)C(C)C1. The number of hydrogen-bond acceptors (Lipinski definition) is 3. The first kappa shape index (κ1) is 14.9. The van der Waals surface area contributed by atoms with Gasteiger partial charge in [0.15, 0.2) is 6.61 Å². The molecule has 0 aromatic heterocycles. The van der Waals surface area contributed by atoms with Crippen LogP contribution in [0.1, 0.15) is 19.4 Å². The van der Waals surface area contributed by atoms with Crippen molar-refractivity contribution < 1.29 is 9.53 Å². The summed E-state index contributed by atoms with van der Waals surface area (Å²) in [6, 6.07) is 8.56. The molecular formula is C16H24N2O2. The van der Waals surface area contributed by atoms with Gasteiger partial charge in [0, 0.05) is 25.2 Å². The van der Waals surface area contributed by atoms with Crippen molar-refractivity contribution in [3.05, 3.63) is 29.8 Å². The third-order valence-electron chi connectivity index (χ3n) is 4.16. The number of aryl methyl sites for hydroxylation is 1. The van der Waals surface area contributed by atoms with E-state index in [0.29, 0.717) is 12.1 Å². The molecule has 1 aliphatic rings. The molecule has 4 nitrogen and oxygen atoms in total. The lowest BCUT2D eigenvalue weighted by molar-refractivity contribution is -0.137. The zero-order valence-corrected chi connectivity index (χ0v) is 12.8. The lowest BCUT2D eigenvalue weighted by Crippen LogP contribution is -2.57. The summed E-state index contributed by atoms with van der Waals surface area (Å²) < 4.78 is 5.64. The lowest BCUT2D eigenvalue weighted by atomic mass is 10.1. The first-order chi connectivity index (χ1) is 9.49. The molecule has 4 heteroatoms. The highest BCUT2D eigenvalue weighted by Gasteiger charge is 2.29. The molecule has 0 N–H and O–H groups in total. The van der Waals surface area contributed by atoms with Gasteiger partial charge in [0.05, 0.1) is 0 Å². The predicted molar refractivity (Wildman–Crippen MR) is 79.9 cm³/mol. The van der Waals surface area contributed by atoms with Gasteiger partial charge in [0.1, 0.15) is 5.75 Å². The maximum absolute atomic E-state index is 12.3. The second kappa shape index (κ2) is 6.27. The molecule has 2 rings (SSSR count). The van der Waals surface area contributed by atoms with Crippen LogP contribution < -0.4 is 4.74 Å². The Bertz CT molecular complexity index is 463. The van der Waals surface area contributed by atoms with E-state index in [1.54, 1.807) is 0 Å². The van der Waals surface area contributed by atoms with Gasteiger partial charge in [-0.2, -0.15) is 0 Å².